The van der Waals surface area contributed by atoms with Crippen LogP contribution in [0.4, 0.5) is 0 Å². The Morgan fingerprint density at radius 1 is 1.05 bits per heavy atom. The fraction of sp³-hybridized carbons (Fsp3) is 0.316. The number of aromatic nitrogens is 1. The minimum Gasteiger partial charge on any atom is -0.473 e. The molecule has 0 N–H and O–H groups in total. The summed E-state index contributed by atoms with van der Waals surface area (Å²) in [5.74, 6) is 3.22. The maximum Gasteiger partial charge on any atom is 0.229 e. The van der Waals surface area contributed by atoms with E-state index in [1.165, 1.54) is 30.4 Å². The molecular weight excluding hydrogens is 258 g/mol. The summed E-state index contributed by atoms with van der Waals surface area (Å²) in [5.41, 5.74) is 3.60. The van der Waals surface area contributed by atoms with Gasteiger partial charge in [0.05, 0.1) is 5.56 Å². The molecule has 2 heteroatoms. The van der Waals surface area contributed by atoms with Crippen LogP contribution in [0.3, 0.4) is 0 Å². The Balaban J connectivity index is 0.000000180. The Labute approximate surface area is 126 Å². The minimum atomic E-state index is 0.306. The largest absolute Gasteiger partial charge is 0.473 e. The first-order chi connectivity index (χ1) is 10.4. The molecular formula is C19H19NO. The molecule has 3 aliphatic carbocycles. The van der Waals surface area contributed by atoms with Gasteiger partial charge < -0.3 is 4.74 Å². The highest BCUT2D eigenvalue weighted by molar-refractivity contribution is 5.80. The van der Waals surface area contributed by atoms with Gasteiger partial charge in [0.1, 0.15) is 6.10 Å². The molecule has 0 radical (unpaired) electrons. The van der Waals surface area contributed by atoms with E-state index in [1.54, 1.807) is 6.20 Å². The van der Waals surface area contributed by atoms with Gasteiger partial charge in [0, 0.05) is 6.20 Å². The van der Waals surface area contributed by atoms with Crippen LogP contribution in [0, 0.1) is 12.3 Å². The zero-order chi connectivity index (χ0) is 14.5. The minimum absolute atomic E-state index is 0.306. The highest BCUT2D eigenvalue weighted by Crippen LogP contribution is 2.32. The predicted octanol–water partition coefficient (Wildman–Crippen LogP) is 4.44. The van der Waals surface area contributed by atoms with Crippen LogP contribution in [0.1, 0.15) is 37.7 Å². The summed E-state index contributed by atoms with van der Waals surface area (Å²) in [6.45, 7) is 0. The first-order valence-electron chi connectivity index (χ1n) is 7.55. The number of ether oxygens (including phenoxy) is 1. The summed E-state index contributed by atoms with van der Waals surface area (Å²) in [5, 5.41) is 0. The molecule has 0 amide bonds. The molecule has 0 bridgehead atoms. The average molecular weight is 277 g/mol. The van der Waals surface area contributed by atoms with Gasteiger partial charge in [0.25, 0.3) is 0 Å². The summed E-state index contributed by atoms with van der Waals surface area (Å²) >= 11 is 0. The van der Waals surface area contributed by atoms with Crippen molar-refractivity contribution in [3.05, 3.63) is 48.2 Å². The van der Waals surface area contributed by atoms with Crippen LogP contribution in [-0.4, -0.2) is 11.1 Å². The van der Waals surface area contributed by atoms with Crippen LogP contribution in [-0.2, 0) is 0 Å². The number of hydrogen-bond donors (Lipinski definition) is 0. The van der Waals surface area contributed by atoms with E-state index in [4.69, 9.17) is 11.2 Å². The summed E-state index contributed by atoms with van der Waals surface area (Å²) in [4.78, 5) is 4.18. The van der Waals surface area contributed by atoms with Gasteiger partial charge in [-0.3, -0.25) is 0 Å². The van der Waals surface area contributed by atoms with Crippen molar-refractivity contribution in [1.29, 1.82) is 0 Å². The molecule has 0 unspecified atom stereocenters. The van der Waals surface area contributed by atoms with E-state index in [2.05, 4.69) is 35.2 Å². The highest BCUT2D eigenvalue weighted by Gasteiger charge is 2.16. The molecule has 0 atom stereocenters. The molecule has 1 saturated carbocycles. The molecule has 2 nitrogen and oxygen atoms in total. The molecule has 1 heterocycles. The number of hydrogen-bond acceptors (Lipinski definition) is 2. The molecule has 0 aliphatic heterocycles. The maximum atomic E-state index is 5.82. The summed E-state index contributed by atoms with van der Waals surface area (Å²) in [7, 11) is 0. The van der Waals surface area contributed by atoms with Crippen molar-refractivity contribution in [2.24, 2.45) is 0 Å². The van der Waals surface area contributed by atoms with Crippen LogP contribution >= 0.6 is 0 Å². The predicted molar refractivity (Wildman–Crippen MR) is 85.1 cm³/mol. The van der Waals surface area contributed by atoms with Crippen molar-refractivity contribution in [1.82, 2.24) is 4.98 Å². The Bertz CT molecular complexity index is 633. The zero-order valence-electron chi connectivity index (χ0n) is 12.1. The number of benzene rings is 1. The van der Waals surface area contributed by atoms with Crippen LogP contribution in [0.25, 0.3) is 11.1 Å². The number of fused-ring (bicyclic) bond motifs is 1. The number of terminal acetylenes is 1. The van der Waals surface area contributed by atoms with Gasteiger partial charge in [-0.2, -0.15) is 0 Å². The molecule has 106 valence electrons. The molecule has 4 rings (SSSR count). The van der Waals surface area contributed by atoms with Crippen molar-refractivity contribution in [2.75, 3.05) is 0 Å². The third kappa shape index (κ3) is 3.64. The van der Waals surface area contributed by atoms with E-state index in [0.29, 0.717) is 12.0 Å². The van der Waals surface area contributed by atoms with E-state index >= 15 is 0 Å². The van der Waals surface area contributed by atoms with Gasteiger partial charge in [-0.25, -0.2) is 4.98 Å². The topological polar surface area (TPSA) is 22.1 Å². The van der Waals surface area contributed by atoms with Gasteiger partial charge in [-0.1, -0.05) is 30.5 Å². The number of pyridine rings is 1. The van der Waals surface area contributed by atoms with Crippen LogP contribution in [0.2, 0.25) is 0 Å². The quantitative estimate of drug-likeness (QED) is 0.646. The first-order valence-corrected chi connectivity index (χ1v) is 7.55. The number of rotatable bonds is 2. The van der Waals surface area contributed by atoms with Crippen molar-refractivity contribution in [3.63, 3.8) is 0 Å². The van der Waals surface area contributed by atoms with E-state index in [0.717, 1.165) is 18.4 Å². The molecule has 1 fully saturated rings. The lowest BCUT2D eigenvalue weighted by molar-refractivity contribution is 0.148. The SMILES string of the molecule is C#Cc1cccnc1OC1CCCCC1.c1cc2cc-2c1. The van der Waals surface area contributed by atoms with Crippen LogP contribution in [0.5, 0.6) is 5.88 Å². The summed E-state index contributed by atoms with van der Waals surface area (Å²) in [6, 6.07) is 12.2. The second-order valence-electron chi connectivity index (χ2n) is 5.46. The third-order valence-electron chi connectivity index (χ3n) is 3.87. The monoisotopic (exact) mass is 277 g/mol. The molecule has 0 aromatic carbocycles. The van der Waals surface area contributed by atoms with E-state index in [9.17, 15) is 0 Å². The highest BCUT2D eigenvalue weighted by atomic mass is 16.5. The molecule has 21 heavy (non-hydrogen) atoms. The summed E-state index contributed by atoms with van der Waals surface area (Å²) in [6.07, 6.45) is 13.5. The van der Waals surface area contributed by atoms with Gasteiger partial charge in [0.15, 0.2) is 0 Å². The third-order valence-corrected chi connectivity index (χ3v) is 3.87. The average Bonchev–Trinajstić information content (AvgIpc) is 3.15. The van der Waals surface area contributed by atoms with Crippen molar-refractivity contribution in [3.8, 4) is 29.4 Å². The first kappa shape index (κ1) is 13.7. The smallest absolute Gasteiger partial charge is 0.229 e. The molecule has 1 aromatic rings. The fourth-order valence-electron chi connectivity index (χ4n) is 2.61. The van der Waals surface area contributed by atoms with E-state index in [-0.39, 0.29) is 0 Å². The summed E-state index contributed by atoms with van der Waals surface area (Å²) < 4.78 is 5.82. The standard InChI is InChI=1S/C13H15NO.C6H4/c1-2-11-7-6-10-14-13(11)15-12-8-4-3-5-9-12;1-2-5-4-6(5)3-1/h1,6-7,10,12H,3-5,8-9H2;1-4H. The fourth-order valence-corrected chi connectivity index (χ4v) is 2.61. The Kier molecular flexibility index (Phi) is 4.21. The van der Waals surface area contributed by atoms with Crippen LogP contribution < -0.4 is 4.74 Å². The normalized spacial score (nSPS) is 15.4. The van der Waals surface area contributed by atoms with Gasteiger partial charge >= 0.3 is 0 Å². The van der Waals surface area contributed by atoms with E-state index in [1.807, 2.05) is 12.1 Å². The second-order valence-corrected chi connectivity index (χ2v) is 5.46. The lowest BCUT2D eigenvalue weighted by Crippen LogP contribution is -2.20. The van der Waals surface area contributed by atoms with Gasteiger partial charge in [-0.05, 0) is 55.0 Å². The maximum absolute atomic E-state index is 5.82. The van der Waals surface area contributed by atoms with Crippen LogP contribution in [0.15, 0.2) is 42.6 Å². The molecule has 0 spiro atoms. The van der Waals surface area contributed by atoms with Gasteiger partial charge in [0.2, 0.25) is 5.88 Å². The molecule has 3 aliphatic rings. The van der Waals surface area contributed by atoms with Crippen molar-refractivity contribution in [2.45, 2.75) is 38.2 Å². The molecule has 0 saturated heterocycles. The lowest BCUT2D eigenvalue weighted by atomic mass is 9.98. The Hall–Kier alpha value is -2.27. The second kappa shape index (κ2) is 6.45. The lowest BCUT2D eigenvalue weighted by Gasteiger charge is -2.22. The van der Waals surface area contributed by atoms with Gasteiger partial charge in [-0.15, -0.1) is 6.42 Å². The zero-order valence-corrected chi connectivity index (χ0v) is 12.1. The van der Waals surface area contributed by atoms with Crippen molar-refractivity contribution >= 4 is 0 Å². The Morgan fingerprint density at radius 3 is 2.38 bits per heavy atom. The van der Waals surface area contributed by atoms with Crippen molar-refractivity contribution < 1.29 is 4.74 Å². The number of nitrogens with zero attached hydrogens (tertiary/aromatic N) is 1. The van der Waals surface area contributed by atoms with E-state index < -0.39 is 0 Å². The molecule has 1 aromatic heterocycles. The Morgan fingerprint density at radius 2 is 1.81 bits per heavy atom.